The first-order valence-corrected chi connectivity index (χ1v) is 8.92. The molecule has 1 aromatic carbocycles. The third-order valence-electron chi connectivity index (χ3n) is 4.05. The number of fused-ring (bicyclic) bond motifs is 1. The number of aryl methyl sites for hydroxylation is 1. The van der Waals surface area contributed by atoms with E-state index in [1.54, 1.807) is 4.90 Å². The van der Waals surface area contributed by atoms with Crippen LogP contribution in [0.4, 0.5) is 0 Å². The smallest absolute Gasteiger partial charge is 0.270 e. The molecule has 2 heterocycles. The highest BCUT2D eigenvalue weighted by Gasteiger charge is 2.29. The standard InChI is InChI=1S/C15H19N3O3S/c1-10-2-3-13-12(6-10)7-14(17-13)15(19)18-5-4-11(8-18)9-22(16,20)21/h2-3,6-7,11,17H,4-5,8-9H2,1H3,(H2,16,20,21). The van der Waals surface area contributed by atoms with Gasteiger partial charge in [0.2, 0.25) is 10.0 Å². The quantitative estimate of drug-likeness (QED) is 0.890. The zero-order valence-electron chi connectivity index (χ0n) is 12.4. The summed E-state index contributed by atoms with van der Waals surface area (Å²) in [7, 11) is -3.49. The number of carbonyl (C=O) groups is 1. The number of aromatic amines is 1. The van der Waals surface area contributed by atoms with Crippen LogP contribution in [0.3, 0.4) is 0 Å². The van der Waals surface area contributed by atoms with E-state index in [-0.39, 0.29) is 17.6 Å². The van der Waals surface area contributed by atoms with Gasteiger partial charge < -0.3 is 9.88 Å². The maximum Gasteiger partial charge on any atom is 0.270 e. The zero-order valence-corrected chi connectivity index (χ0v) is 13.2. The molecule has 0 saturated carbocycles. The Labute approximate surface area is 129 Å². The van der Waals surface area contributed by atoms with E-state index in [0.717, 1.165) is 16.5 Å². The molecule has 1 aliphatic heterocycles. The van der Waals surface area contributed by atoms with Gasteiger partial charge in [-0.15, -0.1) is 0 Å². The fourth-order valence-corrected chi connectivity index (χ4v) is 3.95. The van der Waals surface area contributed by atoms with Crippen molar-refractivity contribution in [3.8, 4) is 0 Å². The second-order valence-electron chi connectivity index (χ2n) is 6.01. The molecule has 2 aromatic rings. The van der Waals surface area contributed by atoms with Crippen LogP contribution in [-0.4, -0.2) is 43.1 Å². The number of nitrogens with two attached hydrogens (primary N) is 1. The van der Waals surface area contributed by atoms with Gasteiger partial charge in [-0.25, -0.2) is 13.6 Å². The predicted molar refractivity (Wildman–Crippen MR) is 85.0 cm³/mol. The van der Waals surface area contributed by atoms with Crippen molar-refractivity contribution >= 4 is 26.8 Å². The molecule has 1 aromatic heterocycles. The van der Waals surface area contributed by atoms with Gasteiger partial charge in [0, 0.05) is 24.0 Å². The number of hydrogen-bond donors (Lipinski definition) is 2. The van der Waals surface area contributed by atoms with Crippen molar-refractivity contribution in [3.05, 3.63) is 35.5 Å². The highest BCUT2D eigenvalue weighted by molar-refractivity contribution is 7.89. The third kappa shape index (κ3) is 3.15. The Morgan fingerprint density at radius 2 is 2.18 bits per heavy atom. The van der Waals surface area contributed by atoms with Crippen LogP contribution in [0.5, 0.6) is 0 Å². The molecule has 0 radical (unpaired) electrons. The van der Waals surface area contributed by atoms with Gasteiger partial charge >= 0.3 is 0 Å². The Morgan fingerprint density at radius 3 is 2.91 bits per heavy atom. The van der Waals surface area contributed by atoms with Crippen LogP contribution >= 0.6 is 0 Å². The molecule has 3 N–H and O–H groups in total. The Morgan fingerprint density at radius 1 is 1.41 bits per heavy atom. The number of H-pyrrole nitrogens is 1. The Bertz CT molecular complexity index is 826. The number of sulfonamides is 1. The maximum absolute atomic E-state index is 12.5. The first-order chi connectivity index (χ1) is 10.3. The number of aromatic nitrogens is 1. The lowest BCUT2D eigenvalue weighted by Gasteiger charge is -2.15. The summed E-state index contributed by atoms with van der Waals surface area (Å²) in [6.45, 7) is 3.00. The number of nitrogens with zero attached hydrogens (tertiary/aromatic N) is 1. The molecule has 7 heteroatoms. The number of amides is 1. The van der Waals surface area contributed by atoms with E-state index in [9.17, 15) is 13.2 Å². The average molecular weight is 321 g/mol. The van der Waals surface area contributed by atoms with Crippen LogP contribution in [0.25, 0.3) is 10.9 Å². The summed E-state index contributed by atoms with van der Waals surface area (Å²) in [5.74, 6) is -0.237. The van der Waals surface area contributed by atoms with Crippen LogP contribution in [0.15, 0.2) is 24.3 Å². The van der Waals surface area contributed by atoms with Crippen LogP contribution in [0.1, 0.15) is 22.5 Å². The second-order valence-corrected chi connectivity index (χ2v) is 7.67. The first kappa shape index (κ1) is 15.1. The van der Waals surface area contributed by atoms with Crippen LogP contribution in [-0.2, 0) is 10.0 Å². The fourth-order valence-electron chi connectivity index (χ4n) is 3.02. The summed E-state index contributed by atoms with van der Waals surface area (Å²) < 4.78 is 22.3. The summed E-state index contributed by atoms with van der Waals surface area (Å²) >= 11 is 0. The largest absolute Gasteiger partial charge is 0.351 e. The van der Waals surface area contributed by atoms with E-state index >= 15 is 0 Å². The predicted octanol–water partition coefficient (Wildman–Crippen LogP) is 1.23. The molecule has 6 nitrogen and oxygen atoms in total. The van der Waals surface area contributed by atoms with Crippen molar-refractivity contribution in [3.63, 3.8) is 0 Å². The number of benzene rings is 1. The SMILES string of the molecule is Cc1ccc2[nH]c(C(=O)N3CCC(CS(N)(=O)=O)C3)cc2c1. The molecule has 1 saturated heterocycles. The lowest BCUT2D eigenvalue weighted by molar-refractivity contribution is 0.0783. The molecular formula is C15H19N3O3S. The van der Waals surface area contributed by atoms with Crippen molar-refractivity contribution in [2.45, 2.75) is 13.3 Å². The van der Waals surface area contributed by atoms with Crippen molar-refractivity contribution < 1.29 is 13.2 Å². The fraction of sp³-hybridized carbons (Fsp3) is 0.400. The topological polar surface area (TPSA) is 96.3 Å². The van der Waals surface area contributed by atoms with Crippen molar-refractivity contribution in [1.82, 2.24) is 9.88 Å². The highest BCUT2D eigenvalue weighted by atomic mass is 32.2. The van der Waals surface area contributed by atoms with E-state index in [1.807, 2.05) is 31.2 Å². The summed E-state index contributed by atoms with van der Waals surface area (Å²) in [6, 6.07) is 7.81. The van der Waals surface area contributed by atoms with Crippen molar-refractivity contribution in [1.29, 1.82) is 0 Å². The summed E-state index contributed by atoms with van der Waals surface area (Å²) in [6.07, 6.45) is 0.668. The zero-order chi connectivity index (χ0) is 15.9. The molecule has 1 amide bonds. The molecule has 0 aliphatic carbocycles. The number of hydrogen-bond acceptors (Lipinski definition) is 3. The molecule has 1 atom stereocenters. The minimum Gasteiger partial charge on any atom is -0.351 e. The number of nitrogens with one attached hydrogen (secondary N) is 1. The van der Waals surface area contributed by atoms with Crippen LogP contribution in [0, 0.1) is 12.8 Å². The normalized spacial score (nSPS) is 19.0. The molecule has 22 heavy (non-hydrogen) atoms. The van der Waals surface area contributed by atoms with E-state index in [1.165, 1.54) is 0 Å². The second kappa shape index (κ2) is 5.40. The minimum atomic E-state index is -3.49. The van der Waals surface area contributed by atoms with Gasteiger partial charge in [-0.2, -0.15) is 0 Å². The van der Waals surface area contributed by atoms with E-state index < -0.39 is 10.0 Å². The van der Waals surface area contributed by atoms with Gasteiger partial charge in [-0.3, -0.25) is 4.79 Å². The molecule has 1 fully saturated rings. The third-order valence-corrected chi connectivity index (χ3v) is 4.98. The number of rotatable bonds is 3. The number of primary sulfonamides is 1. The van der Waals surface area contributed by atoms with Gasteiger partial charge in [-0.1, -0.05) is 11.6 Å². The molecule has 1 unspecified atom stereocenters. The molecule has 1 aliphatic rings. The molecule has 0 bridgehead atoms. The van der Waals surface area contributed by atoms with E-state index in [0.29, 0.717) is 25.2 Å². The monoisotopic (exact) mass is 321 g/mol. The maximum atomic E-state index is 12.5. The van der Waals surface area contributed by atoms with Crippen LogP contribution < -0.4 is 5.14 Å². The molecular weight excluding hydrogens is 302 g/mol. The molecule has 3 rings (SSSR count). The summed E-state index contributed by atoms with van der Waals surface area (Å²) in [4.78, 5) is 17.3. The Kier molecular flexibility index (Phi) is 3.70. The Balaban J connectivity index is 1.76. The van der Waals surface area contributed by atoms with Crippen LogP contribution in [0.2, 0.25) is 0 Å². The Hall–Kier alpha value is -1.86. The highest BCUT2D eigenvalue weighted by Crippen LogP contribution is 2.22. The van der Waals surface area contributed by atoms with Gasteiger partial charge in [-0.05, 0) is 37.5 Å². The van der Waals surface area contributed by atoms with Crippen molar-refractivity contribution in [2.75, 3.05) is 18.8 Å². The minimum absolute atomic E-state index is 0.0668. The lowest BCUT2D eigenvalue weighted by Crippen LogP contribution is -2.31. The van der Waals surface area contributed by atoms with Gasteiger partial charge in [0.25, 0.3) is 5.91 Å². The summed E-state index contributed by atoms with van der Waals surface area (Å²) in [5.41, 5.74) is 2.60. The van der Waals surface area contributed by atoms with E-state index in [2.05, 4.69) is 4.98 Å². The number of carbonyl (C=O) groups excluding carboxylic acids is 1. The molecule has 118 valence electrons. The summed E-state index contributed by atoms with van der Waals surface area (Å²) in [5, 5.41) is 6.08. The number of likely N-dealkylation sites (tertiary alicyclic amines) is 1. The van der Waals surface area contributed by atoms with Crippen molar-refractivity contribution in [2.24, 2.45) is 11.1 Å². The van der Waals surface area contributed by atoms with Gasteiger partial charge in [0.15, 0.2) is 0 Å². The van der Waals surface area contributed by atoms with Gasteiger partial charge in [0.05, 0.1) is 5.75 Å². The van der Waals surface area contributed by atoms with E-state index in [4.69, 9.17) is 5.14 Å². The first-order valence-electron chi connectivity index (χ1n) is 7.21. The average Bonchev–Trinajstić information content (AvgIpc) is 3.02. The van der Waals surface area contributed by atoms with Gasteiger partial charge in [0.1, 0.15) is 5.69 Å². The lowest BCUT2D eigenvalue weighted by atomic mass is 10.2. The molecule has 0 spiro atoms.